The lowest BCUT2D eigenvalue weighted by Crippen LogP contribution is -2.37. The molecule has 0 unspecified atom stereocenters. The summed E-state index contributed by atoms with van der Waals surface area (Å²) >= 11 is 1.20. The predicted octanol–water partition coefficient (Wildman–Crippen LogP) is 1.33. The highest BCUT2D eigenvalue weighted by atomic mass is 32.2. The number of hydrogen-bond donors (Lipinski definition) is 2. The molecule has 1 saturated heterocycles. The molecule has 1 aliphatic rings. The normalized spacial score (nSPS) is 20.1. The van der Waals surface area contributed by atoms with E-state index in [-0.39, 0.29) is 10.4 Å². The summed E-state index contributed by atoms with van der Waals surface area (Å²) in [4.78, 5) is 4.18. The van der Waals surface area contributed by atoms with E-state index >= 15 is 0 Å². The third kappa shape index (κ3) is 2.79. The van der Waals surface area contributed by atoms with Gasteiger partial charge < -0.3 is 5.32 Å². The molecule has 102 valence electrons. The first-order valence-corrected chi connectivity index (χ1v) is 8.54. The number of benzene rings is 1. The zero-order chi connectivity index (χ0) is 13.3. The van der Waals surface area contributed by atoms with Crippen LogP contribution in [0.1, 0.15) is 12.8 Å². The van der Waals surface area contributed by atoms with Crippen LogP contribution in [0.4, 0.5) is 0 Å². The molecule has 0 aliphatic carbocycles. The number of nitrogens with zero attached hydrogens (tertiary/aromatic N) is 1. The van der Waals surface area contributed by atoms with Gasteiger partial charge in [0.05, 0.1) is 10.2 Å². The van der Waals surface area contributed by atoms with Gasteiger partial charge in [0, 0.05) is 12.6 Å². The Labute approximate surface area is 116 Å². The molecule has 1 aromatic carbocycles. The van der Waals surface area contributed by atoms with Crippen LogP contribution in [0.5, 0.6) is 0 Å². The van der Waals surface area contributed by atoms with E-state index < -0.39 is 10.0 Å². The van der Waals surface area contributed by atoms with Gasteiger partial charge in [-0.2, -0.15) is 0 Å². The van der Waals surface area contributed by atoms with Crippen LogP contribution in [0.15, 0.2) is 28.6 Å². The molecular formula is C12H15N3O2S2. The Morgan fingerprint density at radius 1 is 1.42 bits per heavy atom. The maximum absolute atomic E-state index is 12.2. The van der Waals surface area contributed by atoms with Crippen LogP contribution in [-0.4, -0.2) is 32.5 Å². The van der Waals surface area contributed by atoms with Crippen molar-refractivity contribution in [3.63, 3.8) is 0 Å². The second kappa shape index (κ2) is 5.16. The number of para-hydroxylation sites is 1. The zero-order valence-corrected chi connectivity index (χ0v) is 11.9. The summed E-state index contributed by atoms with van der Waals surface area (Å²) < 4.78 is 28.0. The van der Waals surface area contributed by atoms with E-state index in [4.69, 9.17) is 0 Å². The molecule has 7 heteroatoms. The van der Waals surface area contributed by atoms with E-state index in [9.17, 15) is 8.42 Å². The lowest BCUT2D eigenvalue weighted by atomic mass is 10.2. The minimum absolute atomic E-state index is 0.145. The molecular weight excluding hydrogens is 282 g/mol. The summed E-state index contributed by atoms with van der Waals surface area (Å²) in [7, 11) is -3.49. The van der Waals surface area contributed by atoms with E-state index in [0.29, 0.717) is 6.54 Å². The van der Waals surface area contributed by atoms with E-state index in [1.165, 1.54) is 11.3 Å². The molecule has 0 saturated carbocycles. The van der Waals surface area contributed by atoms with Gasteiger partial charge in [0.15, 0.2) is 0 Å². The van der Waals surface area contributed by atoms with E-state index in [2.05, 4.69) is 15.0 Å². The predicted molar refractivity (Wildman–Crippen MR) is 75.8 cm³/mol. The summed E-state index contributed by atoms with van der Waals surface area (Å²) in [6.45, 7) is 1.39. The second-order valence-corrected chi connectivity index (χ2v) is 7.56. The molecule has 1 aromatic heterocycles. The van der Waals surface area contributed by atoms with Gasteiger partial charge in [-0.15, -0.1) is 11.3 Å². The molecule has 1 atom stereocenters. The second-order valence-electron chi connectivity index (χ2n) is 4.59. The molecule has 5 nitrogen and oxygen atoms in total. The van der Waals surface area contributed by atoms with Gasteiger partial charge in [0.25, 0.3) is 10.0 Å². The van der Waals surface area contributed by atoms with Gasteiger partial charge in [-0.1, -0.05) is 12.1 Å². The maximum Gasteiger partial charge on any atom is 0.267 e. The van der Waals surface area contributed by atoms with Crippen LogP contribution in [0.3, 0.4) is 0 Å². The number of nitrogens with one attached hydrogen (secondary N) is 2. The van der Waals surface area contributed by atoms with Crippen molar-refractivity contribution in [3.8, 4) is 0 Å². The number of aromatic nitrogens is 1. The van der Waals surface area contributed by atoms with Gasteiger partial charge in [0.2, 0.25) is 4.34 Å². The Bertz CT molecular complexity index is 642. The van der Waals surface area contributed by atoms with Crippen molar-refractivity contribution in [1.29, 1.82) is 0 Å². The Morgan fingerprint density at radius 3 is 3.00 bits per heavy atom. The number of thiazole rings is 1. The third-order valence-corrected chi connectivity index (χ3v) is 6.02. The van der Waals surface area contributed by atoms with Crippen LogP contribution in [0.2, 0.25) is 0 Å². The van der Waals surface area contributed by atoms with Crippen molar-refractivity contribution >= 4 is 31.6 Å². The van der Waals surface area contributed by atoms with Crippen molar-refractivity contribution in [2.75, 3.05) is 13.1 Å². The lowest BCUT2D eigenvalue weighted by Gasteiger charge is -2.10. The first-order chi connectivity index (χ1) is 9.15. The Hall–Kier alpha value is -1.02. The molecule has 19 heavy (non-hydrogen) atoms. The standard InChI is InChI=1S/C12H15N3O2S2/c16-19(17,14-8-9-4-3-7-13-9)12-15-10-5-1-2-6-11(10)18-12/h1-2,5-6,9,13-14H,3-4,7-8H2/t9-/m1/s1. The molecule has 2 aromatic rings. The van der Waals surface area contributed by atoms with Gasteiger partial charge in [-0.05, 0) is 31.5 Å². The van der Waals surface area contributed by atoms with Crippen molar-refractivity contribution in [2.24, 2.45) is 0 Å². The molecule has 1 aliphatic heterocycles. The molecule has 1 fully saturated rings. The molecule has 3 rings (SSSR count). The van der Waals surface area contributed by atoms with E-state index in [1.54, 1.807) is 0 Å². The lowest BCUT2D eigenvalue weighted by molar-refractivity contribution is 0.551. The van der Waals surface area contributed by atoms with Crippen LogP contribution >= 0.6 is 11.3 Å². The molecule has 0 radical (unpaired) electrons. The van der Waals surface area contributed by atoms with E-state index in [1.807, 2.05) is 24.3 Å². The van der Waals surface area contributed by atoms with Crippen LogP contribution in [-0.2, 0) is 10.0 Å². The smallest absolute Gasteiger partial charge is 0.267 e. The molecule has 0 amide bonds. The average molecular weight is 297 g/mol. The fourth-order valence-corrected chi connectivity index (χ4v) is 4.51. The first-order valence-electron chi connectivity index (χ1n) is 6.24. The monoisotopic (exact) mass is 297 g/mol. The summed E-state index contributed by atoms with van der Waals surface area (Å²) in [5.74, 6) is 0. The van der Waals surface area contributed by atoms with E-state index in [0.717, 1.165) is 29.6 Å². The van der Waals surface area contributed by atoms with Gasteiger partial charge in [0.1, 0.15) is 0 Å². The first kappa shape index (κ1) is 13.0. The summed E-state index contributed by atoms with van der Waals surface area (Å²) in [5, 5.41) is 3.26. The SMILES string of the molecule is O=S(=O)(NC[C@H]1CCCN1)c1nc2ccccc2s1. The summed E-state index contributed by atoms with van der Waals surface area (Å²) in [6, 6.07) is 7.68. The Balaban J connectivity index is 1.78. The molecule has 2 heterocycles. The number of fused-ring (bicyclic) bond motifs is 1. The average Bonchev–Trinajstić information content (AvgIpc) is 3.05. The van der Waals surface area contributed by atoms with Crippen molar-refractivity contribution < 1.29 is 8.42 Å². The van der Waals surface area contributed by atoms with Crippen LogP contribution < -0.4 is 10.0 Å². The fraction of sp³-hybridized carbons (Fsp3) is 0.417. The fourth-order valence-electron chi connectivity index (χ4n) is 2.17. The minimum atomic E-state index is -3.49. The van der Waals surface area contributed by atoms with Crippen LogP contribution in [0.25, 0.3) is 10.2 Å². The number of rotatable bonds is 4. The Kier molecular flexibility index (Phi) is 3.53. The highest BCUT2D eigenvalue weighted by Gasteiger charge is 2.22. The van der Waals surface area contributed by atoms with Gasteiger partial charge >= 0.3 is 0 Å². The quantitative estimate of drug-likeness (QED) is 0.893. The molecule has 2 N–H and O–H groups in total. The van der Waals surface area contributed by atoms with Crippen molar-refractivity contribution in [2.45, 2.75) is 23.2 Å². The molecule has 0 spiro atoms. The topological polar surface area (TPSA) is 71.1 Å². The highest BCUT2D eigenvalue weighted by Crippen LogP contribution is 2.24. The summed E-state index contributed by atoms with van der Waals surface area (Å²) in [6.07, 6.45) is 2.12. The van der Waals surface area contributed by atoms with Gasteiger partial charge in [-0.3, -0.25) is 0 Å². The minimum Gasteiger partial charge on any atom is -0.313 e. The van der Waals surface area contributed by atoms with Crippen molar-refractivity contribution in [3.05, 3.63) is 24.3 Å². The third-order valence-electron chi connectivity index (χ3n) is 3.19. The van der Waals surface area contributed by atoms with Crippen molar-refractivity contribution in [1.82, 2.24) is 15.0 Å². The zero-order valence-electron chi connectivity index (χ0n) is 10.3. The molecule has 0 bridgehead atoms. The largest absolute Gasteiger partial charge is 0.313 e. The number of hydrogen-bond acceptors (Lipinski definition) is 5. The summed E-state index contributed by atoms with van der Waals surface area (Å²) in [5.41, 5.74) is 0.729. The Morgan fingerprint density at radius 2 is 2.26 bits per heavy atom. The highest BCUT2D eigenvalue weighted by molar-refractivity contribution is 7.91. The van der Waals surface area contributed by atoms with Crippen LogP contribution in [0, 0.1) is 0 Å². The maximum atomic E-state index is 12.2. The van der Waals surface area contributed by atoms with Gasteiger partial charge in [-0.25, -0.2) is 18.1 Å². The number of sulfonamides is 1.